The maximum absolute atomic E-state index is 3.54. The fourth-order valence-corrected chi connectivity index (χ4v) is 3.55. The Morgan fingerprint density at radius 2 is 1.76 bits per heavy atom. The van der Waals surface area contributed by atoms with Gasteiger partial charge in [0.05, 0.1) is 0 Å². The van der Waals surface area contributed by atoms with Crippen molar-refractivity contribution in [2.75, 3.05) is 14.1 Å². The van der Waals surface area contributed by atoms with E-state index >= 15 is 0 Å². The molecule has 1 aliphatic rings. The Kier molecular flexibility index (Phi) is 4.37. The SMILES string of the molecule is CNC1c2ccccc2CCC1N(C)Cc1ccccc1. The summed E-state index contributed by atoms with van der Waals surface area (Å²) in [6.45, 7) is 1.01. The summed E-state index contributed by atoms with van der Waals surface area (Å²) in [5, 5.41) is 3.54. The van der Waals surface area contributed by atoms with Crippen LogP contribution in [0.5, 0.6) is 0 Å². The maximum atomic E-state index is 3.54. The van der Waals surface area contributed by atoms with Gasteiger partial charge in [-0.25, -0.2) is 0 Å². The molecule has 0 aromatic heterocycles. The Bertz CT molecular complexity index is 579. The second kappa shape index (κ2) is 6.42. The van der Waals surface area contributed by atoms with Crippen LogP contribution in [0.25, 0.3) is 0 Å². The lowest BCUT2D eigenvalue weighted by atomic mass is 9.83. The zero-order valence-electron chi connectivity index (χ0n) is 12.9. The van der Waals surface area contributed by atoms with E-state index in [0.717, 1.165) is 6.54 Å². The topological polar surface area (TPSA) is 15.3 Å². The van der Waals surface area contributed by atoms with Crippen LogP contribution in [-0.2, 0) is 13.0 Å². The van der Waals surface area contributed by atoms with Crippen LogP contribution in [0.15, 0.2) is 54.6 Å². The molecular formula is C19H24N2. The Morgan fingerprint density at radius 3 is 2.52 bits per heavy atom. The third-order valence-electron chi connectivity index (χ3n) is 4.64. The molecule has 0 spiro atoms. The molecule has 0 saturated heterocycles. The highest BCUT2D eigenvalue weighted by atomic mass is 15.2. The molecule has 0 radical (unpaired) electrons. The summed E-state index contributed by atoms with van der Waals surface area (Å²) in [5.41, 5.74) is 4.35. The molecule has 0 aliphatic heterocycles. The van der Waals surface area contributed by atoms with Crippen LogP contribution in [0.2, 0.25) is 0 Å². The highest BCUT2D eigenvalue weighted by molar-refractivity contribution is 5.34. The first-order valence-electron chi connectivity index (χ1n) is 7.79. The molecular weight excluding hydrogens is 256 g/mol. The number of nitrogens with one attached hydrogen (secondary N) is 1. The summed E-state index contributed by atoms with van der Waals surface area (Å²) in [7, 11) is 4.33. The molecule has 0 bridgehead atoms. The molecule has 2 atom stereocenters. The molecule has 110 valence electrons. The lowest BCUT2D eigenvalue weighted by Crippen LogP contribution is -2.44. The van der Waals surface area contributed by atoms with Crippen molar-refractivity contribution in [3.05, 3.63) is 71.3 Å². The Hall–Kier alpha value is -1.64. The monoisotopic (exact) mass is 280 g/mol. The molecule has 0 amide bonds. The molecule has 2 heteroatoms. The molecule has 1 aliphatic carbocycles. The average Bonchev–Trinajstić information content (AvgIpc) is 2.54. The number of nitrogens with zero attached hydrogens (tertiary/aromatic N) is 1. The van der Waals surface area contributed by atoms with E-state index < -0.39 is 0 Å². The molecule has 0 heterocycles. The van der Waals surface area contributed by atoms with E-state index in [1.165, 1.54) is 29.5 Å². The highest BCUT2D eigenvalue weighted by Crippen LogP contribution is 2.32. The number of aryl methyl sites for hydroxylation is 1. The number of hydrogen-bond donors (Lipinski definition) is 1. The molecule has 2 aromatic rings. The first-order chi connectivity index (χ1) is 10.3. The maximum Gasteiger partial charge on any atom is 0.0478 e. The standard InChI is InChI=1S/C19H24N2/c1-20-19-17-11-7-6-10-16(17)12-13-18(19)21(2)14-15-8-4-3-5-9-15/h3-11,18-20H,12-14H2,1-2H3. The van der Waals surface area contributed by atoms with Gasteiger partial charge in [-0.1, -0.05) is 54.6 Å². The first kappa shape index (κ1) is 14.3. The molecule has 3 rings (SSSR count). The predicted molar refractivity (Wildman–Crippen MR) is 88.3 cm³/mol. The van der Waals surface area contributed by atoms with Gasteiger partial charge in [-0.15, -0.1) is 0 Å². The zero-order chi connectivity index (χ0) is 14.7. The molecule has 2 unspecified atom stereocenters. The van der Waals surface area contributed by atoms with Crippen molar-refractivity contribution in [2.24, 2.45) is 0 Å². The summed E-state index contributed by atoms with van der Waals surface area (Å²) >= 11 is 0. The molecule has 0 fully saturated rings. The number of benzene rings is 2. The number of rotatable bonds is 4. The van der Waals surface area contributed by atoms with Crippen molar-refractivity contribution in [2.45, 2.75) is 31.5 Å². The van der Waals surface area contributed by atoms with Crippen LogP contribution in [0, 0.1) is 0 Å². The average molecular weight is 280 g/mol. The number of likely N-dealkylation sites (N-methyl/N-ethyl adjacent to an activating group) is 2. The Morgan fingerprint density at radius 1 is 1.05 bits per heavy atom. The van der Waals surface area contributed by atoms with Gasteiger partial charge in [0, 0.05) is 18.6 Å². The fraction of sp³-hybridized carbons (Fsp3) is 0.368. The zero-order valence-corrected chi connectivity index (χ0v) is 12.9. The second-order valence-electron chi connectivity index (χ2n) is 5.97. The normalized spacial score (nSPS) is 21.3. The van der Waals surface area contributed by atoms with Crippen LogP contribution in [0.3, 0.4) is 0 Å². The van der Waals surface area contributed by atoms with E-state index in [0.29, 0.717) is 12.1 Å². The lowest BCUT2D eigenvalue weighted by molar-refractivity contribution is 0.170. The van der Waals surface area contributed by atoms with Gasteiger partial charge in [0.2, 0.25) is 0 Å². The summed E-state index contributed by atoms with van der Waals surface area (Å²) in [6.07, 6.45) is 2.39. The van der Waals surface area contributed by atoms with Crippen molar-refractivity contribution in [3.63, 3.8) is 0 Å². The summed E-state index contributed by atoms with van der Waals surface area (Å²) in [4.78, 5) is 2.49. The molecule has 21 heavy (non-hydrogen) atoms. The van der Waals surface area contributed by atoms with E-state index in [1.54, 1.807) is 0 Å². The third kappa shape index (κ3) is 3.02. The van der Waals surface area contributed by atoms with Gasteiger partial charge in [-0.05, 0) is 43.6 Å². The van der Waals surface area contributed by atoms with Gasteiger partial charge in [0.1, 0.15) is 0 Å². The Labute approximate surface area is 127 Å². The van der Waals surface area contributed by atoms with Gasteiger partial charge in [-0.2, -0.15) is 0 Å². The van der Waals surface area contributed by atoms with Crippen LogP contribution in [0.4, 0.5) is 0 Å². The van der Waals surface area contributed by atoms with Gasteiger partial charge in [0.15, 0.2) is 0 Å². The van der Waals surface area contributed by atoms with E-state index in [4.69, 9.17) is 0 Å². The van der Waals surface area contributed by atoms with Gasteiger partial charge < -0.3 is 5.32 Å². The fourth-order valence-electron chi connectivity index (χ4n) is 3.55. The van der Waals surface area contributed by atoms with Crippen molar-refractivity contribution in [1.82, 2.24) is 10.2 Å². The summed E-state index contributed by atoms with van der Waals surface area (Å²) < 4.78 is 0. The van der Waals surface area contributed by atoms with Crippen molar-refractivity contribution in [1.29, 1.82) is 0 Å². The number of hydrogen-bond acceptors (Lipinski definition) is 2. The quantitative estimate of drug-likeness (QED) is 0.923. The minimum atomic E-state index is 0.420. The summed E-state index contributed by atoms with van der Waals surface area (Å²) in [6, 6.07) is 20.6. The van der Waals surface area contributed by atoms with E-state index in [-0.39, 0.29) is 0 Å². The third-order valence-corrected chi connectivity index (χ3v) is 4.64. The summed E-state index contributed by atoms with van der Waals surface area (Å²) in [5.74, 6) is 0. The van der Waals surface area contributed by atoms with Crippen molar-refractivity contribution >= 4 is 0 Å². The van der Waals surface area contributed by atoms with Crippen LogP contribution in [0.1, 0.15) is 29.2 Å². The van der Waals surface area contributed by atoms with Gasteiger partial charge >= 0.3 is 0 Å². The second-order valence-corrected chi connectivity index (χ2v) is 5.97. The van der Waals surface area contributed by atoms with E-state index in [2.05, 4.69) is 78.9 Å². The van der Waals surface area contributed by atoms with Gasteiger partial charge in [0.25, 0.3) is 0 Å². The van der Waals surface area contributed by atoms with E-state index in [1.807, 2.05) is 0 Å². The van der Waals surface area contributed by atoms with Crippen LogP contribution in [-0.4, -0.2) is 25.0 Å². The first-order valence-corrected chi connectivity index (χ1v) is 7.79. The Balaban J connectivity index is 1.79. The minimum absolute atomic E-state index is 0.420. The van der Waals surface area contributed by atoms with Gasteiger partial charge in [-0.3, -0.25) is 4.90 Å². The molecule has 2 aromatic carbocycles. The molecule has 0 saturated carbocycles. The smallest absolute Gasteiger partial charge is 0.0478 e. The molecule has 2 nitrogen and oxygen atoms in total. The minimum Gasteiger partial charge on any atom is -0.312 e. The van der Waals surface area contributed by atoms with Crippen molar-refractivity contribution in [3.8, 4) is 0 Å². The lowest BCUT2D eigenvalue weighted by Gasteiger charge is -2.39. The largest absolute Gasteiger partial charge is 0.312 e. The molecule has 1 N–H and O–H groups in total. The van der Waals surface area contributed by atoms with Crippen LogP contribution >= 0.6 is 0 Å². The van der Waals surface area contributed by atoms with Crippen LogP contribution < -0.4 is 5.32 Å². The predicted octanol–water partition coefficient (Wildman–Crippen LogP) is 3.39. The van der Waals surface area contributed by atoms with E-state index in [9.17, 15) is 0 Å². The number of fused-ring (bicyclic) bond motifs is 1. The van der Waals surface area contributed by atoms with Crippen molar-refractivity contribution < 1.29 is 0 Å². The highest BCUT2D eigenvalue weighted by Gasteiger charge is 2.30.